The molecule has 0 radical (unpaired) electrons. The highest BCUT2D eigenvalue weighted by Crippen LogP contribution is 2.28. The lowest BCUT2D eigenvalue weighted by atomic mass is 10.0. The summed E-state index contributed by atoms with van der Waals surface area (Å²) >= 11 is 0. The molecule has 0 aliphatic rings. The molecule has 0 saturated carbocycles. The van der Waals surface area contributed by atoms with Crippen LogP contribution in [0.4, 0.5) is 5.69 Å². The molecular formula is C28H37Cl2N3O6S. The van der Waals surface area contributed by atoms with Crippen molar-refractivity contribution in [2.24, 2.45) is 0 Å². The van der Waals surface area contributed by atoms with Crippen LogP contribution in [-0.2, 0) is 20.5 Å². The fourth-order valence-corrected chi connectivity index (χ4v) is 4.21. The Morgan fingerprint density at radius 3 is 2.20 bits per heavy atom. The van der Waals surface area contributed by atoms with Gasteiger partial charge in [-0.25, -0.2) is 13.1 Å². The zero-order valence-electron chi connectivity index (χ0n) is 22.7. The van der Waals surface area contributed by atoms with Gasteiger partial charge in [0.2, 0.25) is 10.0 Å². The topological polar surface area (TPSA) is 126 Å². The minimum absolute atomic E-state index is 0. The molecule has 3 aromatic rings. The van der Waals surface area contributed by atoms with Gasteiger partial charge in [-0.2, -0.15) is 0 Å². The van der Waals surface area contributed by atoms with Crippen molar-refractivity contribution in [3.8, 4) is 16.9 Å². The Labute approximate surface area is 248 Å². The van der Waals surface area contributed by atoms with Crippen molar-refractivity contribution in [3.05, 3.63) is 83.9 Å². The van der Waals surface area contributed by atoms with Gasteiger partial charge in [-0.3, -0.25) is 10.1 Å². The maximum atomic E-state index is 12.5. The second-order valence-corrected chi connectivity index (χ2v) is 10.6. The first-order chi connectivity index (χ1) is 18.1. The predicted molar refractivity (Wildman–Crippen MR) is 163 cm³/mol. The quantitative estimate of drug-likeness (QED) is 0.158. The Morgan fingerprint density at radius 1 is 0.925 bits per heavy atom. The van der Waals surface area contributed by atoms with Crippen LogP contribution in [0.5, 0.6) is 5.75 Å². The summed E-state index contributed by atoms with van der Waals surface area (Å²) in [6.07, 6.45) is 0.937. The Morgan fingerprint density at radius 2 is 1.57 bits per heavy atom. The maximum Gasteiger partial charge on any atom is 0.266 e. The second kappa shape index (κ2) is 16.4. The van der Waals surface area contributed by atoms with Gasteiger partial charge >= 0.3 is 0 Å². The van der Waals surface area contributed by atoms with E-state index < -0.39 is 21.7 Å². The second-order valence-electron chi connectivity index (χ2n) is 8.83. The lowest BCUT2D eigenvalue weighted by Gasteiger charge is -2.25. The molecule has 0 unspecified atom stereocenters. The summed E-state index contributed by atoms with van der Waals surface area (Å²) in [7, 11) is -3.70. The van der Waals surface area contributed by atoms with E-state index in [4.69, 9.17) is 9.47 Å². The molecule has 40 heavy (non-hydrogen) atoms. The van der Waals surface area contributed by atoms with Crippen LogP contribution in [0.15, 0.2) is 72.8 Å². The summed E-state index contributed by atoms with van der Waals surface area (Å²) in [5.41, 5.74) is 2.07. The third-order valence-electron chi connectivity index (χ3n) is 5.67. The molecule has 1 amide bonds. The molecule has 4 N–H and O–H groups in total. The van der Waals surface area contributed by atoms with Crippen molar-refractivity contribution in [1.82, 2.24) is 10.0 Å². The van der Waals surface area contributed by atoms with E-state index in [-0.39, 0.29) is 30.4 Å². The Bertz CT molecular complexity index is 1310. The largest absolute Gasteiger partial charge is 0.492 e. The monoisotopic (exact) mass is 613 g/mol. The van der Waals surface area contributed by atoms with Crippen LogP contribution in [-0.4, -0.2) is 58.6 Å². The zero-order valence-corrected chi connectivity index (χ0v) is 25.1. The van der Waals surface area contributed by atoms with Gasteiger partial charge in [0, 0.05) is 25.4 Å². The minimum Gasteiger partial charge on any atom is -0.492 e. The van der Waals surface area contributed by atoms with Gasteiger partial charge in [0.25, 0.3) is 5.91 Å². The molecule has 0 fully saturated rings. The fraction of sp³-hybridized carbons (Fsp3) is 0.321. The van der Waals surface area contributed by atoms with Crippen LogP contribution in [0.25, 0.3) is 11.1 Å². The van der Waals surface area contributed by atoms with Gasteiger partial charge in [0.05, 0.1) is 18.4 Å². The predicted octanol–water partition coefficient (Wildman–Crippen LogP) is 4.17. The number of carbonyl (C=O) groups is 1. The SMILES string of the molecule is CCOCCNc1cc(-c2ccc(OCCN[C@@](C)(O)c3ccccc3)cc2)ccc1C(=O)NS(C)(=O)=O.Cl.Cl. The van der Waals surface area contributed by atoms with Crippen LogP contribution in [0.1, 0.15) is 29.8 Å². The number of benzene rings is 3. The summed E-state index contributed by atoms with van der Waals surface area (Å²) < 4.78 is 36.3. The Balaban J connectivity index is 0.00000400. The van der Waals surface area contributed by atoms with Gasteiger partial charge in [-0.05, 0) is 54.8 Å². The minimum atomic E-state index is -3.70. The van der Waals surface area contributed by atoms with Crippen molar-refractivity contribution in [2.75, 3.05) is 44.5 Å². The number of sulfonamides is 1. The molecule has 220 valence electrons. The molecule has 0 bridgehead atoms. The molecule has 12 heteroatoms. The summed E-state index contributed by atoms with van der Waals surface area (Å²) in [4.78, 5) is 12.5. The molecule has 0 aromatic heterocycles. The van der Waals surface area contributed by atoms with Crippen molar-refractivity contribution >= 4 is 46.4 Å². The number of ether oxygens (including phenoxy) is 2. The van der Waals surface area contributed by atoms with Crippen molar-refractivity contribution in [2.45, 2.75) is 19.6 Å². The zero-order chi connectivity index (χ0) is 27.6. The molecule has 3 rings (SSSR count). The number of carbonyl (C=O) groups excluding carboxylic acids is 1. The number of hydrogen-bond acceptors (Lipinski definition) is 8. The summed E-state index contributed by atoms with van der Waals surface area (Å²) in [5.74, 6) is -0.0318. The maximum absolute atomic E-state index is 12.5. The Kier molecular flexibility index (Phi) is 14.4. The summed E-state index contributed by atoms with van der Waals surface area (Å²) in [6, 6.07) is 22.0. The van der Waals surface area contributed by atoms with Crippen molar-refractivity contribution in [3.63, 3.8) is 0 Å². The van der Waals surface area contributed by atoms with E-state index in [1.807, 2.05) is 66.2 Å². The highest BCUT2D eigenvalue weighted by Gasteiger charge is 2.21. The molecule has 3 aromatic carbocycles. The van der Waals surface area contributed by atoms with Crippen LogP contribution in [0, 0.1) is 0 Å². The van der Waals surface area contributed by atoms with Crippen LogP contribution in [0.2, 0.25) is 0 Å². The number of rotatable bonds is 14. The van der Waals surface area contributed by atoms with Gasteiger partial charge in [-0.1, -0.05) is 48.5 Å². The third kappa shape index (κ3) is 11.0. The average Bonchev–Trinajstić information content (AvgIpc) is 2.89. The first kappa shape index (κ1) is 35.2. The fourth-order valence-electron chi connectivity index (χ4n) is 3.77. The Hall–Kier alpha value is -2.86. The van der Waals surface area contributed by atoms with E-state index in [2.05, 4.69) is 10.6 Å². The van der Waals surface area contributed by atoms with Crippen molar-refractivity contribution < 1.29 is 27.8 Å². The molecule has 0 aliphatic carbocycles. The number of nitrogens with one attached hydrogen (secondary N) is 3. The third-order valence-corrected chi connectivity index (χ3v) is 6.23. The smallest absolute Gasteiger partial charge is 0.266 e. The average molecular weight is 615 g/mol. The molecule has 0 spiro atoms. The van der Waals surface area contributed by atoms with E-state index in [9.17, 15) is 18.3 Å². The van der Waals surface area contributed by atoms with Crippen LogP contribution in [0.3, 0.4) is 0 Å². The lowest BCUT2D eigenvalue weighted by Crippen LogP contribution is -2.41. The molecule has 0 aliphatic heterocycles. The van der Waals surface area contributed by atoms with Crippen LogP contribution >= 0.6 is 24.8 Å². The van der Waals surface area contributed by atoms with E-state index in [0.29, 0.717) is 44.3 Å². The summed E-state index contributed by atoms with van der Waals surface area (Å²) in [6.45, 7) is 5.86. The van der Waals surface area contributed by atoms with Gasteiger partial charge in [-0.15, -0.1) is 24.8 Å². The first-order valence-corrected chi connectivity index (χ1v) is 14.2. The van der Waals surface area contributed by atoms with Gasteiger partial charge in [0.1, 0.15) is 18.1 Å². The standard InChI is InChI=1S/C28H35N3O6S.2ClH/c1-4-36-18-16-29-26-20-22(12-15-25(26)27(32)31-38(3,34)35)21-10-13-24(14-11-21)37-19-17-30-28(2,33)23-8-6-5-7-9-23;;/h5-15,20,29-30,33H,4,16-19H2,1-3H3,(H,31,32);2*1H/t28-;;/m0../s1. The van der Waals surface area contributed by atoms with E-state index >= 15 is 0 Å². The number of amides is 1. The highest BCUT2D eigenvalue weighted by atomic mass is 35.5. The number of hydrogen-bond donors (Lipinski definition) is 4. The van der Waals surface area contributed by atoms with Gasteiger partial charge in [0.15, 0.2) is 0 Å². The molecule has 0 heterocycles. The van der Waals surface area contributed by atoms with E-state index in [1.54, 1.807) is 25.1 Å². The summed E-state index contributed by atoms with van der Waals surface area (Å²) in [5, 5.41) is 16.9. The van der Waals surface area contributed by atoms with Crippen LogP contribution < -0.4 is 20.1 Å². The molecule has 0 saturated heterocycles. The highest BCUT2D eigenvalue weighted by molar-refractivity contribution is 7.89. The van der Waals surface area contributed by atoms with Gasteiger partial charge < -0.3 is 19.9 Å². The number of anilines is 1. The normalized spacial score (nSPS) is 12.3. The molecular weight excluding hydrogens is 577 g/mol. The number of aliphatic hydroxyl groups is 1. The van der Waals surface area contributed by atoms with E-state index in [0.717, 1.165) is 22.9 Å². The number of halogens is 2. The first-order valence-electron chi connectivity index (χ1n) is 12.3. The lowest BCUT2D eigenvalue weighted by molar-refractivity contribution is 0.0169. The van der Waals surface area contributed by atoms with E-state index in [1.165, 1.54) is 0 Å². The molecule has 1 atom stereocenters. The molecule has 9 nitrogen and oxygen atoms in total. The van der Waals surface area contributed by atoms with Crippen molar-refractivity contribution in [1.29, 1.82) is 0 Å².